The number of nitrogens with one attached hydrogen (secondary N) is 1. The fraction of sp³-hybridized carbons (Fsp3) is 0.350. The molecule has 2 aromatic rings. The highest BCUT2D eigenvalue weighted by atomic mass is 32.2. The summed E-state index contributed by atoms with van der Waals surface area (Å²) in [6.45, 7) is 6.09. The summed E-state index contributed by atoms with van der Waals surface area (Å²) in [5.41, 5.74) is 2.93. The Morgan fingerprint density at radius 3 is 2.31 bits per heavy atom. The third kappa shape index (κ3) is 4.31. The Morgan fingerprint density at radius 1 is 1.12 bits per heavy atom. The first-order valence-corrected chi connectivity index (χ1v) is 9.95. The number of carbonyl (C=O) groups is 1. The van der Waals surface area contributed by atoms with Crippen LogP contribution in [0, 0.1) is 13.8 Å². The van der Waals surface area contributed by atoms with Crippen molar-refractivity contribution in [3.05, 3.63) is 64.7 Å². The van der Waals surface area contributed by atoms with Crippen LogP contribution < -0.4 is 5.32 Å². The monoisotopic (exact) mass is 374 g/mol. The van der Waals surface area contributed by atoms with Crippen molar-refractivity contribution in [3.8, 4) is 0 Å². The molecule has 6 heteroatoms. The highest BCUT2D eigenvalue weighted by molar-refractivity contribution is 7.89. The van der Waals surface area contributed by atoms with Crippen molar-refractivity contribution in [1.82, 2.24) is 9.62 Å². The number of aryl methyl sites for hydroxylation is 1. The Labute approximate surface area is 156 Å². The molecule has 0 heterocycles. The summed E-state index contributed by atoms with van der Waals surface area (Å²) in [5, 5.41) is 2.90. The Kier molecular flexibility index (Phi) is 6.21. The maximum atomic E-state index is 12.6. The zero-order valence-electron chi connectivity index (χ0n) is 15.9. The molecule has 0 aromatic heterocycles. The average molecular weight is 375 g/mol. The molecule has 0 radical (unpaired) electrons. The summed E-state index contributed by atoms with van der Waals surface area (Å²) in [6.07, 6.45) is 0. The molecule has 1 atom stereocenters. The van der Waals surface area contributed by atoms with Crippen molar-refractivity contribution < 1.29 is 13.2 Å². The van der Waals surface area contributed by atoms with E-state index >= 15 is 0 Å². The van der Waals surface area contributed by atoms with Crippen LogP contribution >= 0.6 is 0 Å². The van der Waals surface area contributed by atoms with Gasteiger partial charge in [0, 0.05) is 26.2 Å². The third-order valence-corrected chi connectivity index (χ3v) is 6.52. The van der Waals surface area contributed by atoms with Crippen molar-refractivity contribution in [3.63, 3.8) is 0 Å². The molecular weight excluding hydrogens is 348 g/mol. The van der Waals surface area contributed by atoms with E-state index in [-0.39, 0.29) is 16.7 Å². The van der Waals surface area contributed by atoms with Crippen LogP contribution in [0.3, 0.4) is 0 Å². The first-order chi connectivity index (χ1) is 12.1. The lowest BCUT2D eigenvalue weighted by molar-refractivity contribution is 0.0951. The van der Waals surface area contributed by atoms with Gasteiger partial charge in [-0.2, -0.15) is 0 Å². The lowest BCUT2D eigenvalue weighted by Gasteiger charge is -2.17. The van der Waals surface area contributed by atoms with Gasteiger partial charge in [-0.3, -0.25) is 4.79 Å². The van der Waals surface area contributed by atoms with E-state index in [4.69, 9.17) is 0 Å². The van der Waals surface area contributed by atoms with E-state index in [1.165, 1.54) is 20.2 Å². The maximum Gasteiger partial charge on any atom is 0.251 e. The zero-order chi connectivity index (χ0) is 19.5. The molecule has 0 aliphatic rings. The van der Waals surface area contributed by atoms with Crippen LogP contribution in [0.15, 0.2) is 47.4 Å². The maximum absolute atomic E-state index is 12.6. The molecule has 1 unspecified atom stereocenters. The first-order valence-electron chi connectivity index (χ1n) is 8.51. The number of sulfonamides is 1. The van der Waals surface area contributed by atoms with E-state index in [2.05, 4.69) is 5.32 Å². The Bertz CT molecular complexity index is 891. The van der Waals surface area contributed by atoms with Crippen molar-refractivity contribution in [2.45, 2.75) is 31.6 Å². The molecule has 0 spiro atoms. The van der Waals surface area contributed by atoms with Gasteiger partial charge in [-0.1, -0.05) is 37.3 Å². The number of hydrogen-bond donors (Lipinski definition) is 1. The average Bonchev–Trinajstić information content (AvgIpc) is 2.61. The zero-order valence-corrected chi connectivity index (χ0v) is 16.7. The van der Waals surface area contributed by atoms with Gasteiger partial charge in [0.05, 0.1) is 4.90 Å². The number of amides is 1. The summed E-state index contributed by atoms with van der Waals surface area (Å²) in [7, 11) is -0.638. The molecule has 0 fully saturated rings. The summed E-state index contributed by atoms with van der Waals surface area (Å²) >= 11 is 0. The van der Waals surface area contributed by atoms with Gasteiger partial charge >= 0.3 is 0 Å². The summed E-state index contributed by atoms with van der Waals surface area (Å²) < 4.78 is 26.2. The third-order valence-electron chi connectivity index (χ3n) is 4.58. The Hall–Kier alpha value is -2.18. The molecule has 0 bridgehead atoms. The highest BCUT2D eigenvalue weighted by Crippen LogP contribution is 2.23. The fourth-order valence-corrected chi connectivity index (χ4v) is 3.89. The number of carbonyl (C=O) groups excluding carboxylic acids is 1. The van der Waals surface area contributed by atoms with Crippen molar-refractivity contribution >= 4 is 15.9 Å². The molecule has 2 rings (SSSR count). The van der Waals surface area contributed by atoms with Crippen LogP contribution in [0.2, 0.25) is 0 Å². The Morgan fingerprint density at radius 2 is 1.73 bits per heavy atom. The standard InChI is InChI=1S/C20H26N2O3S/c1-14-11-18(12-19(16(14)3)26(24,25)22(4)5)20(23)21-13-15(2)17-9-7-6-8-10-17/h6-12,15H,13H2,1-5H3,(H,21,23). The minimum absolute atomic E-state index is 0.164. The topological polar surface area (TPSA) is 66.5 Å². The van der Waals surface area contributed by atoms with E-state index in [1.807, 2.05) is 44.2 Å². The predicted octanol–water partition coefficient (Wildman–Crippen LogP) is 3.09. The minimum Gasteiger partial charge on any atom is -0.351 e. The van der Waals surface area contributed by atoms with Gasteiger partial charge in [-0.25, -0.2) is 12.7 Å². The van der Waals surface area contributed by atoms with Crippen LogP contribution in [0.4, 0.5) is 0 Å². The molecule has 0 saturated heterocycles. The van der Waals surface area contributed by atoms with E-state index in [0.717, 1.165) is 15.4 Å². The predicted molar refractivity (Wildman–Crippen MR) is 104 cm³/mol. The second-order valence-electron chi connectivity index (χ2n) is 6.73. The first kappa shape index (κ1) is 20.1. The van der Waals surface area contributed by atoms with E-state index < -0.39 is 10.0 Å². The van der Waals surface area contributed by atoms with Crippen LogP contribution in [0.1, 0.15) is 39.9 Å². The van der Waals surface area contributed by atoms with E-state index in [9.17, 15) is 13.2 Å². The second kappa shape index (κ2) is 8.01. The van der Waals surface area contributed by atoms with Crippen LogP contribution in [0.25, 0.3) is 0 Å². The van der Waals surface area contributed by atoms with Crippen LogP contribution in [-0.2, 0) is 10.0 Å². The number of benzene rings is 2. The highest BCUT2D eigenvalue weighted by Gasteiger charge is 2.23. The lowest BCUT2D eigenvalue weighted by Crippen LogP contribution is -2.28. The molecule has 1 amide bonds. The largest absolute Gasteiger partial charge is 0.351 e. The van der Waals surface area contributed by atoms with Crippen LogP contribution in [-0.4, -0.2) is 39.3 Å². The second-order valence-corrected chi connectivity index (χ2v) is 8.85. The van der Waals surface area contributed by atoms with Crippen molar-refractivity contribution in [2.24, 2.45) is 0 Å². The molecule has 2 aromatic carbocycles. The van der Waals surface area contributed by atoms with E-state index in [0.29, 0.717) is 17.7 Å². The fourth-order valence-electron chi connectivity index (χ4n) is 2.67. The molecule has 0 aliphatic carbocycles. The molecule has 0 aliphatic heterocycles. The Balaban J connectivity index is 2.23. The van der Waals surface area contributed by atoms with E-state index in [1.54, 1.807) is 13.0 Å². The normalized spacial score (nSPS) is 12.8. The smallest absolute Gasteiger partial charge is 0.251 e. The summed E-state index contributed by atoms with van der Waals surface area (Å²) in [4.78, 5) is 12.7. The lowest BCUT2D eigenvalue weighted by atomic mass is 10.0. The van der Waals surface area contributed by atoms with Gasteiger partial charge in [0.25, 0.3) is 5.91 Å². The molecular formula is C20H26N2O3S. The molecule has 5 nitrogen and oxygen atoms in total. The minimum atomic E-state index is -3.61. The molecule has 1 N–H and O–H groups in total. The summed E-state index contributed by atoms with van der Waals surface area (Å²) in [5.74, 6) is -0.109. The number of nitrogens with zero attached hydrogens (tertiary/aromatic N) is 1. The number of hydrogen-bond acceptors (Lipinski definition) is 3. The van der Waals surface area contributed by atoms with Gasteiger partial charge in [0.1, 0.15) is 0 Å². The van der Waals surface area contributed by atoms with Gasteiger partial charge in [-0.05, 0) is 48.6 Å². The van der Waals surface area contributed by atoms with Crippen LogP contribution in [0.5, 0.6) is 0 Å². The molecule has 140 valence electrons. The molecule has 26 heavy (non-hydrogen) atoms. The molecule has 0 saturated carbocycles. The quantitative estimate of drug-likeness (QED) is 0.845. The van der Waals surface area contributed by atoms with Crippen molar-refractivity contribution in [1.29, 1.82) is 0 Å². The SMILES string of the molecule is Cc1cc(C(=O)NCC(C)c2ccccc2)cc(S(=O)(=O)N(C)C)c1C. The number of rotatable bonds is 6. The van der Waals surface area contributed by atoms with Gasteiger partial charge in [0.2, 0.25) is 10.0 Å². The van der Waals surface area contributed by atoms with Crippen molar-refractivity contribution in [2.75, 3.05) is 20.6 Å². The van der Waals surface area contributed by atoms with Gasteiger partial charge < -0.3 is 5.32 Å². The summed E-state index contributed by atoms with van der Waals surface area (Å²) in [6, 6.07) is 13.1. The van der Waals surface area contributed by atoms with Gasteiger partial charge in [-0.15, -0.1) is 0 Å². The van der Waals surface area contributed by atoms with Gasteiger partial charge in [0.15, 0.2) is 0 Å².